The quantitative estimate of drug-likeness (QED) is 0.380. The van der Waals surface area contributed by atoms with E-state index >= 15 is 0 Å². The summed E-state index contributed by atoms with van der Waals surface area (Å²) in [7, 11) is 0. The Kier molecular flexibility index (Phi) is 6.22. The molecule has 27 heavy (non-hydrogen) atoms. The third-order valence-corrected chi connectivity index (χ3v) is 6.77. The summed E-state index contributed by atoms with van der Waals surface area (Å²) in [6.45, 7) is 5.77. The first-order valence-electron chi connectivity index (χ1n) is 10.2. The monoisotopic (exact) mass is 377 g/mol. The summed E-state index contributed by atoms with van der Waals surface area (Å²) in [5, 5.41) is 3.08. The zero-order valence-electron chi connectivity index (χ0n) is 16.3. The lowest BCUT2D eigenvalue weighted by molar-refractivity contribution is -0.150. The van der Waals surface area contributed by atoms with Gasteiger partial charge in [-0.05, 0) is 62.2 Å². The Morgan fingerprint density at radius 3 is 2.67 bits per heavy atom. The number of hydrogen-bond donors (Lipinski definition) is 1. The maximum Gasteiger partial charge on any atom is 0.333 e. The minimum absolute atomic E-state index is 0.00410. The topological polar surface area (TPSA) is 81.7 Å². The Hall–Kier alpha value is -1.85. The Balaban J connectivity index is 1.30. The number of rotatable bonds is 9. The number of esters is 2. The van der Waals surface area contributed by atoms with Crippen LogP contribution < -0.4 is 5.32 Å². The van der Waals surface area contributed by atoms with E-state index in [2.05, 4.69) is 11.9 Å². The highest BCUT2D eigenvalue weighted by molar-refractivity contribution is 5.86. The van der Waals surface area contributed by atoms with Crippen molar-refractivity contribution in [1.29, 1.82) is 0 Å². The second-order valence-electron chi connectivity index (χ2n) is 8.48. The summed E-state index contributed by atoms with van der Waals surface area (Å²) in [6.07, 6.45) is 8.05. The molecule has 0 aliphatic heterocycles. The lowest BCUT2D eigenvalue weighted by Crippen LogP contribution is -2.40. The molecule has 3 saturated carbocycles. The van der Waals surface area contributed by atoms with Crippen molar-refractivity contribution in [2.75, 3.05) is 19.8 Å². The van der Waals surface area contributed by atoms with Crippen molar-refractivity contribution < 1.29 is 23.9 Å². The maximum atomic E-state index is 12.2. The van der Waals surface area contributed by atoms with Crippen molar-refractivity contribution in [3.63, 3.8) is 0 Å². The molecular weight excluding hydrogens is 346 g/mol. The number of amides is 1. The molecule has 0 aromatic rings. The molecule has 4 unspecified atom stereocenters. The molecule has 3 aliphatic rings. The van der Waals surface area contributed by atoms with Crippen molar-refractivity contribution >= 4 is 17.8 Å². The number of carbonyl (C=O) groups is 3. The Morgan fingerprint density at radius 2 is 1.89 bits per heavy atom. The fourth-order valence-corrected chi connectivity index (χ4v) is 5.57. The van der Waals surface area contributed by atoms with Gasteiger partial charge in [-0.1, -0.05) is 13.0 Å². The Labute approximate surface area is 161 Å². The summed E-state index contributed by atoms with van der Waals surface area (Å²) in [5.41, 5.74) is 0.618. The average molecular weight is 377 g/mol. The van der Waals surface area contributed by atoms with E-state index in [0.29, 0.717) is 11.0 Å². The molecule has 0 saturated heterocycles. The molecule has 1 N–H and O–H groups in total. The summed E-state index contributed by atoms with van der Waals surface area (Å²) >= 11 is 0. The molecule has 0 radical (unpaired) electrons. The molecule has 4 atom stereocenters. The van der Waals surface area contributed by atoms with E-state index in [-0.39, 0.29) is 32.0 Å². The molecule has 2 bridgehead atoms. The molecule has 3 aliphatic carbocycles. The zero-order chi connectivity index (χ0) is 19.4. The first kappa shape index (κ1) is 19.9. The smallest absolute Gasteiger partial charge is 0.333 e. The van der Waals surface area contributed by atoms with Gasteiger partial charge in [0.2, 0.25) is 5.91 Å². The minimum atomic E-state index is -0.504. The second-order valence-corrected chi connectivity index (χ2v) is 8.48. The fraction of sp³-hybridized carbons (Fsp3) is 0.762. The summed E-state index contributed by atoms with van der Waals surface area (Å²) in [6, 6.07) is 0. The van der Waals surface area contributed by atoms with Crippen LogP contribution in [0.15, 0.2) is 12.2 Å². The van der Waals surface area contributed by atoms with Gasteiger partial charge in [0, 0.05) is 18.5 Å². The number of ether oxygens (including phenoxy) is 2. The zero-order valence-corrected chi connectivity index (χ0v) is 16.3. The predicted octanol–water partition coefficient (Wildman–Crippen LogP) is 2.76. The molecule has 0 aromatic carbocycles. The highest BCUT2D eigenvalue weighted by atomic mass is 16.6. The van der Waals surface area contributed by atoms with Crippen LogP contribution in [0.5, 0.6) is 0 Å². The van der Waals surface area contributed by atoms with Gasteiger partial charge in [0.15, 0.2) is 0 Å². The lowest BCUT2D eigenvalue weighted by atomic mass is 9.71. The molecule has 0 aromatic heterocycles. The van der Waals surface area contributed by atoms with Gasteiger partial charge in [-0.15, -0.1) is 0 Å². The molecule has 0 heterocycles. The molecule has 3 rings (SSSR count). The number of nitrogens with one attached hydrogen (secondary N) is 1. The molecule has 6 nitrogen and oxygen atoms in total. The highest BCUT2D eigenvalue weighted by Crippen LogP contribution is 2.65. The third kappa shape index (κ3) is 4.53. The van der Waals surface area contributed by atoms with Crippen molar-refractivity contribution in [2.24, 2.45) is 23.2 Å². The van der Waals surface area contributed by atoms with Gasteiger partial charge < -0.3 is 14.8 Å². The number of hydrogen-bond acceptors (Lipinski definition) is 5. The minimum Gasteiger partial charge on any atom is -0.462 e. The van der Waals surface area contributed by atoms with Gasteiger partial charge >= 0.3 is 11.9 Å². The summed E-state index contributed by atoms with van der Waals surface area (Å²) in [5.74, 6) is 1.53. The molecule has 150 valence electrons. The van der Waals surface area contributed by atoms with Crippen molar-refractivity contribution in [2.45, 2.75) is 58.3 Å². The van der Waals surface area contributed by atoms with E-state index in [9.17, 15) is 14.4 Å². The van der Waals surface area contributed by atoms with E-state index in [1.54, 1.807) is 6.92 Å². The van der Waals surface area contributed by atoms with Crippen LogP contribution in [0.1, 0.15) is 58.3 Å². The van der Waals surface area contributed by atoms with Crippen molar-refractivity contribution in [3.8, 4) is 0 Å². The Morgan fingerprint density at radius 1 is 1.11 bits per heavy atom. The van der Waals surface area contributed by atoms with Crippen LogP contribution in [0.4, 0.5) is 0 Å². The molecule has 1 amide bonds. The SMILES string of the molecule is C=C(C)C(=O)OCCOC(=O)CCC(=O)NCC12CCC(C1)C1CCCC12. The Bertz CT molecular complexity index is 616. The van der Waals surface area contributed by atoms with Crippen LogP contribution in [-0.4, -0.2) is 37.6 Å². The molecule has 6 heteroatoms. The van der Waals surface area contributed by atoms with Gasteiger partial charge in [-0.2, -0.15) is 0 Å². The highest BCUT2D eigenvalue weighted by Gasteiger charge is 2.58. The van der Waals surface area contributed by atoms with Crippen LogP contribution in [0.25, 0.3) is 0 Å². The van der Waals surface area contributed by atoms with Crippen molar-refractivity contribution in [1.82, 2.24) is 5.32 Å². The number of fused-ring (bicyclic) bond motifs is 5. The van der Waals surface area contributed by atoms with Crippen LogP contribution in [0.2, 0.25) is 0 Å². The van der Waals surface area contributed by atoms with Gasteiger partial charge in [0.1, 0.15) is 13.2 Å². The molecular formula is C21H31NO5. The average Bonchev–Trinajstić information content (AvgIpc) is 3.34. The van der Waals surface area contributed by atoms with E-state index in [1.807, 2.05) is 0 Å². The van der Waals surface area contributed by atoms with Gasteiger partial charge in [0.25, 0.3) is 0 Å². The second kappa shape index (κ2) is 8.44. The largest absolute Gasteiger partial charge is 0.462 e. The van der Waals surface area contributed by atoms with Crippen molar-refractivity contribution in [3.05, 3.63) is 12.2 Å². The van der Waals surface area contributed by atoms with Gasteiger partial charge in [-0.25, -0.2) is 4.79 Å². The summed E-state index contributed by atoms with van der Waals surface area (Å²) < 4.78 is 9.82. The maximum absolute atomic E-state index is 12.2. The lowest BCUT2D eigenvalue weighted by Gasteiger charge is -2.36. The van der Waals surface area contributed by atoms with Gasteiger partial charge in [0.05, 0.1) is 6.42 Å². The van der Waals surface area contributed by atoms with Crippen LogP contribution in [-0.2, 0) is 23.9 Å². The fourth-order valence-electron chi connectivity index (χ4n) is 5.57. The van der Waals surface area contributed by atoms with E-state index in [4.69, 9.17) is 9.47 Å². The first-order chi connectivity index (χ1) is 12.9. The predicted molar refractivity (Wildman–Crippen MR) is 99.6 cm³/mol. The summed E-state index contributed by atoms with van der Waals surface area (Å²) in [4.78, 5) is 35.1. The standard InChI is InChI=1S/C21H31NO5/c1-14(2)20(25)27-11-10-26-19(24)7-6-18(23)22-13-21-9-8-15(12-21)16-4-3-5-17(16)21/h15-17H,1,3-13H2,2H3,(H,22,23). The van der Waals surface area contributed by atoms with E-state index < -0.39 is 11.9 Å². The van der Waals surface area contributed by atoms with E-state index in [0.717, 1.165) is 24.3 Å². The van der Waals surface area contributed by atoms with E-state index in [1.165, 1.54) is 38.5 Å². The van der Waals surface area contributed by atoms with Crippen LogP contribution in [0, 0.1) is 23.2 Å². The van der Waals surface area contributed by atoms with Crippen LogP contribution >= 0.6 is 0 Å². The first-order valence-corrected chi connectivity index (χ1v) is 10.2. The molecule has 0 spiro atoms. The van der Waals surface area contributed by atoms with Gasteiger partial charge in [-0.3, -0.25) is 9.59 Å². The normalized spacial score (nSPS) is 30.6. The molecule has 3 fully saturated rings. The third-order valence-electron chi connectivity index (χ3n) is 6.77. The number of carbonyl (C=O) groups excluding carboxylic acids is 3. The van der Waals surface area contributed by atoms with Crippen LogP contribution in [0.3, 0.4) is 0 Å².